The highest BCUT2D eigenvalue weighted by Gasteiger charge is 2.53. The highest BCUT2D eigenvalue weighted by Crippen LogP contribution is 2.52. The Bertz CT molecular complexity index is 271. The summed E-state index contributed by atoms with van der Waals surface area (Å²) in [5.41, 5.74) is -0.0771. The van der Waals surface area contributed by atoms with Gasteiger partial charge in [0.1, 0.15) is 6.54 Å². The highest BCUT2D eigenvalue weighted by atomic mass is 16.5. The summed E-state index contributed by atoms with van der Waals surface area (Å²) in [5.74, 6) is -0.162. The molecule has 1 amide bonds. The molecule has 2 fully saturated rings. The number of piperidine rings is 1. The van der Waals surface area contributed by atoms with Crippen LogP contribution in [0.1, 0.15) is 25.7 Å². The Morgan fingerprint density at radius 3 is 2.79 bits per heavy atom. The SMILES string of the molecule is COC(=O)CN1CCCC2(CC2)C1=O. The first-order valence-electron chi connectivity index (χ1n) is 5.04. The fourth-order valence-corrected chi connectivity index (χ4v) is 2.14. The van der Waals surface area contributed by atoms with E-state index in [1.807, 2.05) is 0 Å². The molecule has 1 spiro atoms. The summed E-state index contributed by atoms with van der Waals surface area (Å²) in [6, 6.07) is 0. The Morgan fingerprint density at radius 2 is 2.21 bits per heavy atom. The van der Waals surface area contributed by atoms with Crippen LogP contribution in [-0.2, 0) is 14.3 Å². The van der Waals surface area contributed by atoms with Crippen LogP contribution in [0.5, 0.6) is 0 Å². The normalized spacial score (nSPS) is 23.8. The molecule has 2 aliphatic rings. The van der Waals surface area contributed by atoms with E-state index in [2.05, 4.69) is 4.74 Å². The summed E-state index contributed by atoms with van der Waals surface area (Å²) < 4.78 is 4.56. The van der Waals surface area contributed by atoms with Crippen molar-refractivity contribution >= 4 is 11.9 Å². The first kappa shape index (κ1) is 9.49. The van der Waals surface area contributed by atoms with E-state index < -0.39 is 0 Å². The van der Waals surface area contributed by atoms with Gasteiger partial charge in [0.2, 0.25) is 5.91 Å². The summed E-state index contributed by atoms with van der Waals surface area (Å²) in [4.78, 5) is 24.6. The molecule has 1 saturated carbocycles. The summed E-state index contributed by atoms with van der Waals surface area (Å²) in [6.07, 6.45) is 4.03. The standard InChI is InChI=1S/C10H15NO3/c1-14-8(12)7-11-6-2-3-10(4-5-10)9(11)13/h2-7H2,1H3. The Balaban J connectivity index is 1.98. The van der Waals surface area contributed by atoms with Crippen molar-refractivity contribution in [3.8, 4) is 0 Å². The number of rotatable bonds is 2. The second-order valence-corrected chi connectivity index (χ2v) is 4.19. The molecule has 0 unspecified atom stereocenters. The molecule has 0 aromatic carbocycles. The number of nitrogens with zero attached hydrogens (tertiary/aromatic N) is 1. The van der Waals surface area contributed by atoms with Gasteiger partial charge in [-0.25, -0.2) is 0 Å². The second-order valence-electron chi connectivity index (χ2n) is 4.19. The number of likely N-dealkylation sites (tertiary alicyclic amines) is 1. The van der Waals surface area contributed by atoms with Crippen molar-refractivity contribution in [2.45, 2.75) is 25.7 Å². The number of ether oxygens (including phenoxy) is 1. The van der Waals surface area contributed by atoms with Crippen molar-refractivity contribution in [1.82, 2.24) is 4.90 Å². The molecule has 1 heterocycles. The van der Waals surface area contributed by atoms with Gasteiger partial charge < -0.3 is 9.64 Å². The van der Waals surface area contributed by atoms with E-state index in [9.17, 15) is 9.59 Å². The first-order chi connectivity index (χ1) is 6.68. The van der Waals surface area contributed by atoms with Gasteiger partial charge in [0.05, 0.1) is 7.11 Å². The number of esters is 1. The quantitative estimate of drug-likeness (QED) is 0.608. The van der Waals surface area contributed by atoms with E-state index in [1.165, 1.54) is 7.11 Å². The topological polar surface area (TPSA) is 46.6 Å². The zero-order valence-electron chi connectivity index (χ0n) is 8.41. The van der Waals surface area contributed by atoms with Crippen molar-refractivity contribution in [3.05, 3.63) is 0 Å². The van der Waals surface area contributed by atoms with Crippen LogP contribution in [0.3, 0.4) is 0 Å². The molecule has 0 bridgehead atoms. The first-order valence-corrected chi connectivity index (χ1v) is 5.04. The van der Waals surface area contributed by atoms with Gasteiger partial charge in [0, 0.05) is 12.0 Å². The van der Waals surface area contributed by atoms with E-state index in [4.69, 9.17) is 0 Å². The maximum Gasteiger partial charge on any atom is 0.325 e. The van der Waals surface area contributed by atoms with Gasteiger partial charge in [-0.2, -0.15) is 0 Å². The fourth-order valence-electron chi connectivity index (χ4n) is 2.14. The fraction of sp³-hybridized carbons (Fsp3) is 0.800. The zero-order chi connectivity index (χ0) is 10.2. The number of carbonyl (C=O) groups excluding carboxylic acids is 2. The largest absolute Gasteiger partial charge is 0.468 e. The second kappa shape index (κ2) is 3.26. The third-order valence-electron chi connectivity index (χ3n) is 3.23. The van der Waals surface area contributed by atoms with Crippen molar-refractivity contribution in [2.24, 2.45) is 5.41 Å². The van der Waals surface area contributed by atoms with Crippen LogP contribution in [0.2, 0.25) is 0 Å². The number of hydrogen-bond acceptors (Lipinski definition) is 3. The van der Waals surface area contributed by atoms with Gasteiger partial charge in [0.25, 0.3) is 0 Å². The lowest BCUT2D eigenvalue weighted by Gasteiger charge is -2.31. The molecule has 0 aromatic heterocycles. The Hall–Kier alpha value is -1.06. The summed E-state index contributed by atoms with van der Waals surface area (Å²) in [5, 5.41) is 0. The lowest BCUT2D eigenvalue weighted by Crippen LogP contribution is -2.45. The van der Waals surface area contributed by atoms with Gasteiger partial charge in [-0.15, -0.1) is 0 Å². The van der Waals surface area contributed by atoms with Crippen molar-refractivity contribution in [2.75, 3.05) is 20.2 Å². The van der Waals surface area contributed by atoms with Crippen LogP contribution in [0.4, 0.5) is 0 Å². The molecule has 0 N–H and O–H groups in total. The maximum absolute atomic E-state index is 11.9. The van der Waals surface area contributed by atoms with Crippen LogP contribution in [-0.4, -0.2) is 37.0 Å². The average Bonchev–Trinajstić information content (AvgIpc) is 2.94. The van der Waals surface area contributed by atoms with Crippen LogP contribution in [0, 0.1) is 5.41 Å². The van der Waals surface area contributed by atoms with Crippen LogP contribution >= 0.6 is 0 Å². The molecule has 78 valence electrons. The van der Waals surface area contributed by atoms with Gasteiger partial charge in [0.15, 0.2) is 0 Å². The summed E-state index contributed by atoms with van der Waals surface area (Å²) >= 11 is 0. The molecule has 1 aliphatic carbocycles. The molecule has 4 nitrogen and oxygen atoms in total. The van der Waals surface area contributed by atoms with Crippen molar-refractivity contribution in [1.29, 1.82) is 0 Å². The molecule has 0 aromatic rings. The minimum atomic E-state index is -0.323. The molecule has 0 radical (unpaired) electrons. The van der Waals surface area contributed by atoms with Gasteiger partial charge in [-0.3, -0.25) is 9.59 Å². The zero-order valence-corrected chi connectivity index (χ0v) is 8.41. The van der Waals surface area contributed by atoms with E-state index in [0.717, 1.165) is 25.7 Å². The van der Waals surface area contributed by atoms with E-state index >= 15 is 0 Å². The molecule has 2 rings (SSSR count). The molecule has 1 saturated heterocycles. The average molecular weight is 197 g/mol. The number of amides is 1. The predicted molar refractivity (Wildman–Crippen MR) is 49.5 cm³/mol. The lowest BCUT2D eigenvalue weighted by atomic mass is 9.94. The number of methoxy groups -OCH3 is 1. The van der Waals surface area contributed by atoms with Gasteiger partial charge in [-0.1, -0.05) is 0 Å². The van der Waals surface area contributed by atoms with Crippen LogP contribution < -0.4 is 0 Å². The smallest absolute Gasteiger partial charge is 0.325 e. The molecular formula is C10H15NO3. The Labute approximate surface area is 83.2 Å². The predicted octanol–water partition coefficient (Wildman–Crippen LogP) is 0.562. The van der Waals surface area contributed by atoms with Gasteiger partial charge in [-0.05, 0) is 25.7 Å². The summed E-state index contributed by atoms with van der Waals surface area (Å²) in [6.45, 7) is 0.826. The molecule has 14 heavy (non-hydrogen) atoms. The Morgan fingerprint density at radius 1 is 1.50 bits per heavy atom. The van der Waals surface area contributed by atoms with Crippen LogP contribution in [0.15, 0.2) is 0 Å². The van der Waals surface area contributed by atoms with Crippen molar-refractivity contribution < 1.29 is 14.3 Å². The minimum absolute atomic E-state index is 0.0771. The summed E-state index contributed by atoms with van der Waals surface area (Å²) in [7, 11) is 1.35. The monoisotopic (exact) mass is 197 g/mol. The molecular weight excluding hydrogens is 182 g/mol. The number of carbonyl (C=O) groups is 2. The lowest BCUT2D eigenvalue weighted by molar-refractivity contribution is -0.151. The Kier molecular flexibility index (Phi) is 2.21. The third kappa shape index (κ3) is 1.49. The molecule has 4 heteroatoms. The molecule has 1 aliphatic heterocycles. The maximum atomic E-state index is 11.9. The third-order valence-corrected chi connectivity index (χ3v) is 3.23. The van der Waals surface area contributed by atoms with Crippen LogP contribution in [0.25, 0.3) is 0 Å². The molecule has 0 atom stereocenters. The van der Waals surface area contributed by atoms with E-state index in [0.29, 0.717) is 6.54 Å². The van der Waals surface area contributed by atoms with E-state index in [-0.39, 0.29) is 23.8 Å². The van der Waals surface area contributed by atoms with E-state index in [1.54, 1.807) is 4.90 Å². The van der Waals surface area contributed by atoms with Crippen molar-refractivity contribution in [3.63, 3.8) is 0 Å². The highest BCUT2D eigenvalue weighted by molar-refractivity contribution is 5.89. The van der Waals surface area contributed by atoms with Gasteiger partial charge >= 0.3 is 5.97 Å². The minimum Gasteiger partial charge on any atom is -0.468 e. The number of hydrogen-bond donors (Lipinski definition) is 0.